The predicted molar refractivity (Wildman–Crippen MR) is 80.7 cm³/mol. The number of carbonyl (C=O) groups excluding carboxylic acids is 1. The molecular formula is C11H21Cl2N5O. The molecule has 0 aliphatic carbocycles. The predicted octanol–water partition coefficient (Wildman–Crippen LogP) is 1.01. The molecule has 0 aliphatic heterocycles. The number of anilines is 1. The molecule has 1 atom stereocenters. The van der Waals surface area contributed by atoms with Crippen molar-refractivity contribution in [2.24, 2.45) is 11.7 Å². The van der Waals surface area contributed by atoms with Crippen molar-refractivity contribution in [3.05, 3.63) is 18.1 Å². The number of nitrogens with zero attached hydrogens (tertiary/aromatic N) is 2. The molecule has 1 heterocycles. The van der Waals surface area contributed by atoms with Crippen molar-refractivity contribution in [3.63, 3.8) is 0 Å². The summed E-state index contributed by atoms with van der Waals surface area (Å²) in [6.45, 7) is 4.54. The van der Waals surface area contributed by atoms with E-state index in [1.165, 1.54) is 12.4 Å². The minimum absolute atomic E-state index is 0. The van der Waals surface area contributed by atoms with Gasteiger partial charge >= 0.3 is 0 Å². The molecule has 1 rings (SSSR count). The zero-order chi connectivity index (χ0) is 12.8. The lowest BCUT2D eigenvalue weighted by atomic mass is 10.0. The summed E-state index contributed by atoms with van der Waals surface area (Å²) in [4.78, 5) is 19.6. The van der Waals surface area contributed by atoms with Crippen LogP contribution < -0.4 is 16.8 Å². The number of hydrogen-bond acceptors (Lipinski definition) is 5. The van der Waals surface area contributed by atoms with Crippen molar-refractivity contribution in [2.75, 3.05) is 12.3 Å². The van der Waals surface area contributed by atoms with Gasteiger partial charge in [-0.25, -0.2) is 9.97 Å². The lowest BCUT2D eigenvalue weighted by molar-refractivity contribution is 0.0929. The van der Waals surface area contributed by atoms with Gasteiger partial charge in [0.25, 0.3) is 5.91 Å². The van der Waals surface area contributed by atoms with Crippen LogP contribution in [0.25, 0.3) is 0 Å². The van der Waals surface area contributed by atoms with Crippen LogP contribution in [0.15, 0.2) is 12.4 Å². The standard InChI is InChI=1S/C11H19N5O.2ClH/c1-7(2)5-8(6-12)16-11(17)9-10(13)15-4-3-14-9;;/h3-4,7-8H,5-6,12H2,1-2H3,(H2,13,15)(H,16,17);2*1H. The third-order valence-corrected chi connectivity index (χ3v) is 2.32. The summed E-state index contributed by atoms with van der Waals surface area (Å²) in [5, 5.41) is 2.81. The Labute approximate surface area is 125 Å². The van der Waals surface area contributed by atoms with E-state index in [1.807, 2.05) is 0 Å². The summed E-state index contributed by atoms with van der Waals surface area (Å²) in [6, 6.07) is -0.0658. The molecule has 1 aromatic rings. The summed E-state index contributed by atoms with van der Waals surface area (Å²) in [5.74, 6) is 0.264. The summed E-state index contributed by atoms with van der Waals surface area (Å²) in [6.07, 6.45) is 3.70. The van der Waals surface area contributed by atoms with E-state index in [0.29, 0.717) is 12.5 Å². The van der Waals surface area contributed by atoms with E-state index >= 15 is 0 Å². The van der Waals surface area contributed by atoms with E-state index in [-0.39, 0.29) is 48.3 Å². The average Bonchev–Trinajstić information content (AvgIpc) is 2.27. The van der Waals surface area contributed by atoms with Gasteiger partial charge in [-0.1, -0.05) is 13.8 Å². The molecule has 0 saturated heterocycles. The Balaban J connectivity index is 0. The number of amides is 1. The van der Waals surface area contributed by atoms with Gasteiger partial charge in [0.15, 0.2) is 11.5 Å². The molecule has 0 radical (unpaired) electrons. The highest BCUT2D eigenvalue weighted by Gasteiger charge is 2.17. The average molecular weight is 310 g/mol. The number of rotatable bonds is 5. The first-order chi connectivity index (χ1) is 8.04. The number of hydrogen-bond donors (Lipinski definition) is 3. The van der Waals surface area contributed by atoms with E-state index < -0.39 is 0 Å². The Morgan fingerprint density at radius 2 is 1.89 bits per heavy atom. The summed E-state index contributed by atoms with van der Waals surface area (Å²) >= 11 is 0. The van der Waals surface area contributed by atoms with Crippen LogP contribution >= 0.6 is 24.8 Å². The fourth-order valence-electron chi connectivity index (χ4n) is 1.56. The first kappa shape index (κ1) is 20.2. The van der Waals surface area contributed by atoms with Crippen LogP contribution in [0.4, 0.5) is 5.82 Å². The Bertz CT molecular complexity index is 389. The monoisotopic (exact) mass is 309 g/mol. The van der Waals surface area contributed by atoms with Gasteiger partial charge in [0.05, 0.1) is 0 Å². The second kappa shape index (κ2) is 9.77. The molecule has 1 amide bonds. The van der Waals surface area contributed by atoms with Gasteiger partial charge < -0.3 is 16.8 Å². The Morgan fingerprint density at radius 3 is 2.37 bits per heavy atom. The Hall–Kier alpha value is -1.11. The van der Waals surface area contributed by atoms with Gasteiger partial charge in [0.1, 0.15) is 0 Å². The van der Waals surface area contributed by atoms with Crippen LogP contribution in [0.3, 0.4) is 0 Å². The van der Waals surface area contributed by atoms with Gasteiger partial charge in [-0.3, -0.25) is 4.79 Å². The van der Waals surface area contributed by atoms with E-state index in [9.17, 15) is 4.79 Å². The molecule has 0 spiro atoms. The topological polar surface area (TPSA) is 107 Å². The quantitative estimate of drug-likeness (QED) is 0.752. The molecule has 8 heteroatoms. The number of halogens is 2. The van der Waals surface area contributed by atoms with Crippen LogP contribution in [0.5, 0.6) is 0 Å². The van der Waals surface area contributed by atoms with Crippen molar-refractivity contribution in [2.45, 2.75) is 26.3 Å². The molecule has 0 bridgehead atoms. The maximum Gasteiger partial charge on any atom is 0.273 e. The van der Waals surface area contributed by atoms with Crippen molar-refractivity contribution in [3.8, 4) is 0 Å². The zero-order valence-corrected chi connectivity index (χ0v) is 12.6. The third kappa shape index (κ3) is 6.56. The van der Waals surface area contributed by atoms with Crippen molar-refractivity contribution in [1.29, 1.82) is 0 Å². The normalized spacial score (nSPS) is 11.2. The smallest absolute Gasteiger partial charge is 0.273 e. The van der Waals surface area contributed by atoms with Gasteiger partial charge in [0, 0.05) is 25.0 Å². The van der Waals surface area contributed by atoms with Crippen molar-refractivity contribution >= 4 is 36.5 Å². The van der Waals surface area contributed by atoms with E-state index in [4.69, 9.17) is 11.5 Å². The number of aromatic nitrogens is 2. The second-order valence-corrected chi connectivity index (χ2v) is 4.33. The van der Waals surface area contributed by atoms with E-state index in [0.717, 1.165) is 6.42 Å². The van der Waals surface area contributed by atoms with E-state index in [1.54, 1.807) is 0 Å². The zero-order valence-electron chi connectivity index (χ0n) is 11.0. The van der Waals surface area contributed by atoms with Gasteiger partial charge in [0.2, 0.25) is 0 Å². The Morgan fingerprint density at radius 1 is 1.32 bits per heavy atom. The minimum atomic E-state index is -0.327. The summed E-state index contributed by atoms with van der Waals surface area (Å²) in [5.41, 5.74) is 11.3. The first-order valence-electron chi connectivity index (χ1n) is 5.62. The van der Waals surface area contributed by atoms with Crippen molar-refractivity contribution < 1.29 is 4.79 Å². The van der Waals surface area contributed by atoms with Crippen LogP contribution in [0.2, 0.25) is 0 Å². The second-order valence-electron chi connectivity index (χ2n) is 4.33. The van der Waals surface area contributed by atoms with Gasteiger partial charge in [-0.15, -0.1) is 24.8 Å². The lowest BCUT2D eigenvalue weighted by Crippen LogP contribution is -2.41. The molecule has 0 saturated carbocycles. The van der Waals surface area contributed by atoms with Crippen LogP contribution in [0, 0.1) is 5.92 Å². The molecule has 5 N–H and O–H groups in total. The molecule has 19 heavy (non-hydrogen) atoms. The fourth-order valence-corrected chi connectivity index (χ4v) is 1.56. The number of nitrogens with one attached hydrogen (secondary N) is 1. The molecule has 0 aliphatic rings. The number of carbonyl (C=O) groups is 1. The summed E-state index contributed by atoms with van der Waals surface area (Å²) in [7, 11) is 0. The highest BCUT2D eigenvalue weighted by Crippen LogP contribution is 2.07. The minimum Gasteiger partial charge on any atom is -0.382 e. The first-order valence-corrected chi connectivity index (χ1v) is 5.62. The molecule has 6 nitrogen and oxygen atoms in total. The maximum absolute atomic E-state index is 11.9. The maximum atomic E-state index is 11.9. The number of nitrogen functional groups attached to an aromatic ring is 1. The van der Waals surface area contributed by atoms with E-state index in [2.05, 4.69) is 29.1 Å². The Kier molecular flexibility index (Phi) is 10.4. The van der Waals surface area contributed by atoms with Crippen LogP contribution in [-0.2, 0) is 0 Å². The third-order valence-electron chi connectivity index (χ3n) is 2.32. The largest absolute Gasteiger partial charge is 0.382 e. The summed E-state index contributed by atoms with van der Waals surface area (Å²) < 4.78 is 0. The number of nitrogens with two attached hydrogens (primary N) is 2. The highest BCUT2D eigenvalue weighted by molar-refractivity contribution is 5.96. The van der Waals surface area contributed by atoms with Gasteiger partial charge in [-0.05, 0) is 12.3 Å². The molecule has 1 unspecified atom stereocenters. The molecular weight excluding hydrogens is 289 g/mol. The molecule has 0 aromatic carbocycles. The van der Waals surface area contributed by atoms with Crippen LogP contribution in [0.1, 0.15) is 30.8 Å². The van der Waals surface area contributed by atoms with Gasteiger partial charge in [-0.2, -0.15) is 0 Å². The SMILES string of the molecule is CC(C)CC(CN)NC(=O)c1nccnc1N.Cl.Cl. The fraction of sp³-hybridized carbons (Fsp3) is 0.545. The molecule has 110 valence electrons. The van der Waals surface area contributed by atoms with Crippen LogP contribution in [-0.4, -0.2) is 28.5 Å². The molecule has 0 fully saturated rings. The lowest BCUT2D eigenvalue weighted by Gasteiger charge is -2.18. The highest BCUT2D eigenvalue weighted by atomic mass is 35.5. The van der Waals surface area contributed by atoms with Crippen molar-refractivity contribution in [1.82, 2.24) is 15.3 Å². The molecule has 1 aromatic heterocycles.